The fourth-order valence-corrected chi connectivity index (χ4v) is 3.51. The smallest absolute Gasteiger partial charge is 0.131 e. The van der Waals surface area contributed by atoms with Crippen molar-refractivity contribution in [1.82, 2.24) is 4.57 Å². The molecule has 5 heteroatoms. The Kier molecular flexibility index (Phi) is 5.43. The summed E-state index contributed by atoms with van der Waals surface area (Å²) < 4.78 is 13.0. The molecule has 0 amide bonds. The molecule has 0 aliphatic carbocycles. The molecule has 5 nitrogen and oxygen atoms in total. The number of hydrogen-bond donors (Lipinski definition) is 2. The van der Waals surface area contributed by atoms with E-state index in [-0.39, 0.29) is 0 Å². The molecule has 0 bridgehead atoms. The van der Waals surface area contributed by atoms with Crippen molar-refractivity contribution in [1.29, 1.82) is 0 Å². The van der Waals surface area contributed by atoms with E-state index in [1.807, 2.05) is 12.1 Å². The fourth-order valence-electron chi connectivity index (χ4n) is 3.51. The predicted octanol–water partition coefficient (Wildman–Crippen LogP) is -0.474. The normalized spacial score (nSPS) is 20.8. The first-order valence-corrected chi connectivity index (χ1v) is 8.68. The molecule has 1 aromatic carbocycles. The molecule has 0 unspecified atom stereocenters. The Bertz CT molecular complexity index is 660. The average Bonchev–Trinajstić information content (AvgIpc) is 3.01. The van der Waals surface area contributed by atoms with E-state index in [2.05, 4.69) is 36.0 Å². The Morgan fingerprint density at radius 2 is 1.67 bits per heavy atom. The molecule has 1 aliphatic heterocycles. The first-order valence-electron chi connectivity index (χ1n) is 8.68. The summed E-state index contributed by atoms with van der Waals surface area (Å²) in [7, 11) is 5.55. The number of ether oxygens (including phenoxy) is 2. The Morgan fingerprint density at radius 3 is 2.25 bits per heavy atom. The van der Waals surface area contributed by atoms with Crippen LogP contribution in [-0.2, 0) is 20.1 Å². The second kappa shape index (κ2) is 7.73. The van der Waals surface area contributed by atoms with Crippen LogP contribution in [-0.4, -0.2) is 45.0 Å². The minimum Gasteiger partial charge on any atom is -0.497 e. The van der Waals surface area contributed by atoms with Crippen LogP contribution in [0.15, 0.2) is 36.5 Å². The SMILES string of the molecule is COc1ccc(C[NH+]2CC[NH+](Cc3cccn3C)CC2)c(OC)c1. The first-order chi connectivity index (χ1) is 11.7. The zero-order valence-corrected chi connectivity index (χ0v) is 15.0. The van der Waals surface area contributed by atoms with Crippen molar-refractivity contribution in [3.05, 3.63) is 47.8 Å². The van der Waals surface area contributed by atoms with Crippen molar-refractivity contribution in [2.24, 2.45) is 7.05 Å². The third kappa shape index (κ3) is 3.91. The highest BCUT2D eigenvalue weighted by atomic mass is 16.5. The van der Waals surface area contributed by atoms with Gasteiger partial charge in [0.1, 0.15) is 50.8 Å². The lowest BCUT2D eigenvalue weighted by molar-refractivity contribution is -1.02. The van der Waals surface area contributed by atoms with Gasteiger partial charge in [0.25, 0.3) is 0 Å². The maximum absolute atomic E-state index is 5.53. The minimum absolute atomic E-state index is 0.849. The molecule has 1 aliphatic rings. The molecule has 2 N–H and O–H groups in total. The number of benzene rings is 1. The fraction of sp³-hybridized carbons (Fsp3) is 0.474. The molecule has 3 rings (SSSR count). The topological polar surface area (TPSA) is 32.3 Å². The first kappa shape index (κ1) is 16.9. The van der Waals surface area contributed by atoms with Crippen LogP contribution in [0.3, 0.4) is 0 Å². The van der Waals surface area contributed by atoms with E-state index < -0.39 is 0 Å². The molecule has 2 aromatic rings. The van der Waals surface area contributed by atoms with Gasteiger partial charge in [-0.25, -0.2) is 0 Å². The maximum atomic E-state index is 5.53. The van der Waals surface area contributed by atoms with Crippen molar-refractivity contribution in [3.8, 4) is 11.5 Å². The lowest BCUT2D eigenvalue weighted by Gasteiger charge is -2.30. The lowest BCUT2D eigenvalue weighted by atomic mass is 10.1. The standard InChI is InChI=1S/C19H27N3O2/c1-20-8-4-5-17(20)15-22-11-9-21(10-12-22)14-16-6-7-18(23-2)13-19(16)24-3/h4-8,13H,9-12,14-15H2,1-3H3/p+2. The van der Waals surface area contributed by atoms with Crippen molar-refractivity contribution < 1.29 is 19.3 Å². The van der Waals surface area contributed by atoms with Crippen LogP contribution in [0.1, 0.15) is 11.3 Å². The average molecular weight is 331 g/mol. The second-order valence-corrected chi connectivity index (χ2v) is 6.64. The number of nitrogens with one attached hydrogen (secondary N) is 2. The Hall–Kier alpha value is -1.98. The van der Waals surface area contributed by atoms with Gasteiger partial charge in [0.15, 0.2) is 0 Å². The number of quaternary nitrogens is 2. The van der Waals surface area contributed by atoms with Crippen LogP contribution in [0.2, 0.25) is 0 Å². The quantitative estimate of drug-likeness (QED) is 0.750. The molecule has 1 fully saturated rings. The van der Waals surface area contributed by atoms with Crippen LogP contribution >= 0.6 is 0 Å². The largest absolute Gasteiger partial charge is 0.497 e. The van der Waals surface area contributed by atoms with Gasteiger partial charge in [-0.3, -0.25) is 0 Å². The van der Waals surface area contributed by atoms with E-state index in [1.54, 1.807) is 24.0 Å². The Balaban J connectivity index is 1.55. The molecule has 2 heterocycles. The van der Waals surface area contributed by atoms with E-state index in [0.29, 0.717) is 0 Å². The Morgan fingerprint density at radius 1 is 0.958 bits per heavy atom. The second-order valence-electron chi connectivity index (χ2n) is 6.64. The molecule has 0 saturated carbocycles. The summed E-state index contributed by atoms with van der Waals surface area (Å²) in [6.45, 7) is 7.00. The number of aromatic nitrogens is 1. The van der Waals surface area contributed by atoms with Gasteiger partial charge in [-0.2, -0.15) is 0 Å². The summed E-state index contributed by atoms with van der Waals surface area (Å²) in [6.07, 6.45) is 2.13. The van der Waals surface area contributed by atoms with E-state index in [0.717, 1.165) is 24.6 Å². The van der Waals surface area contributed by atoms with Crippen molar-refractivity contribution in [3.63, 3.8) is 0 Å². The van der Waals surface area contributed by atoms with E-state index in [4.69, 9.17) is 9.47 Å². The summed E-state index contributed by atoms with van der Waals surface area (Å²) >= 11 is 0. The van der Waals surface area contributed by atoms with E-state index >= 15 is 0 Å². The molecular weight excluding hydrogens is 302 g/mol. The number of nitrogens with zero attached hydrogens (tertiary/aromatic N) is 1. The highest BCUT2D eigenvalue weighted by Crippen LogP contribution is 2.23. The summed E-state index contributed by atoms with van der Waals surface area (Å²) in [6, 6.07) is 10.5. The zero-order valence-electron chi connectivity index (χ0n) is 15.0. The van der Waals surface area contributed by atoms with Crippen molar-refractivity contribution in [2.75, 3.05) is 40.4 Å². The summed E-state index contributed by atoms with van der Waals surface area (Å²) in [5.41, 5.74) is 2.68. The zero-order chi connectivity index (χ0) is 16.9. The van der Waals surface area contributed by atoms with E-state index in [9.17, 15) is 0 Å². The highest BCUT2D eigenvalue weighted by Gasteiger charge is 2.24. The van der Waals surface area contributed by atoms with Crippen LogP contribution in [0.4, 0.5) is 0 Å². The predicted molar refractivity (Wildman–Crippen MR) is 93.8 cm³/mol. The number of aryl methyl sites for hydroxylation is 1. The van der Waals surface area contributed by atoms with Crippen LogP contribution < -0.4 is 19.3 Å². The van der Waals surface area contributed by atoms with Gasteiger partial charge in [0.2, 0.25) is 0 Å². The van der Waals surface area contributed by atoms with Crippen molar-refractivity contribution >= 4 is 0 Å². The number of piperazine rings is 1. The van der Waals surface area contributed by atoms with Gasteiger partial charge in [0, 0.05) is 24.9 Å². The monoisotopic (exact) mass is 331 g/mol. The molecule has 1 saturated heterocycles. The highest BCUT2D eigenvalue weighted by molar-refractivity contribution is 5.40. The lowest BCUT2D eigenvalue weighted by Crippen LogP contribution is -3.27. The van der Waals surface area contributed by atoms with Crippen LogP contribution in [0.5, 0.6) is 11.5 Å². The number of hydrogen-bond acceptors (Lipinski definition) is 2. The number of methoxy groups -OCH3 is 2. The van der Waals surface area contributed by atoms with Gasteiger partial charge in [0.05, 0.1) is 19.9 Å². The third-order valence-electron chi connectivity index (χ3n) is 5.08. The maximum Gasteiger partial charge on any atom is 0.131 e. The molecule has 0 radical (unpaired) electrons. The van der Waals surface area contributed by atoms with E-state index in [1.165, 1.54) is 37.4 Å². The van der Waals surface area contributed by atoms with Crippen LogP contribution in [0.25, 0.3) is 0 Å². The van der Waals surface area contributed by atoms with Crippen LogP contribution in [0, 0.1) is 0 Å². The van der Waals surface area contributed by atoms with Gasteiger partial charge < -0.3 is 23.8 Å². The van der Waals surface area contributed by atoms with Gasteiger partial charge in [-0.05, 0) is 24.3 Å². The van der Waals surface area contributed by atoms with Crippen molar-refractivity contribution in [2.45, 2.75) is 13.1 Å². The Labute approximate surface area is 144 Å². The minimum atomic E-state index is 0.849. The molecule has 0 atom stereocenters. The van der Waals surface area contributed by atoms with Gasteiger partial charge in [-0.15, -0.1) is 0 Å². The number of rotatable bonds is 6. The molecular formula is C19H29N3O2+2. The molecule has 24 heavy (non-hydrogen) atoms. The molecule has 0 spiro atoms. The third-order valence-corrected chi connectivity index (χ3v) is 5.08. The molecule has 130 valence electrons. The van der Waals surface area contributed by atoms with Gasteiger partial charge in [-0.1, -0.05) is 0 Å². The summed E-state index contributed by atoms with van der Waals surface area (Å²) in [5, 5.41) is 0. The van der Waals surface area contributed by atoms with Gasteiger partial charge >= 0.3 is 0 Å². The summed E-state index contributed by atoms with van der Waals surface area (Å²) in [4.78, 5) is 3.32. The molecule has 1 aromatic heterocycles. The summed E-state index contributed by atoms with van der Waals surface area (Å²) in [5.74, 6) is 1.78.